The number of rotatable bonds is 6. The van der Waals surface area contributed by atoms with E-state index in [2.05, 4.69) is 20.8 Å². The number of hydrogen-bond acceptors (Lipinski definition) is 4. The first-order chi connectivity index (χ1) is 15.0. The van der Waals surface area contributed by atoms with Gasteiger partial charge in [-0.3, -0.25) is 0 Å². The number of urea groups is 1. The molecule has 2 amide bonds. The molecule has 2 aromatic rings. The van der Waals surface area contributed by atoms with Crippen LogP contribution >= 0.6 is 0 Å². The summed E-state index contributed by atoms with van der Waals surface area (Å²) in [7, 11) is 0. The molecule has 0 saturated heterocycles. The van der Waals surface area contributed by atoms with E-state index in [9.17, 15) is 4.79 Å². The van der Waals surface area contributed by atoms with Crippen molar-refractivity contribution in [3.63, 3.8) is 0 Å². The molecule has 0 spiro atoms. The van der Waals surface area contributed by atoms with Gasteiger partial charge in [0.05, 0.1) is 11.8 Å². The number of guanidine groups is 1. The Morgan fingerprint density at radius 2 is 1.42 bits per heavy atom. The van der Waals surface area contributed by atoms with Gasteiger partial charge in [-0.2, -0.15) is 5.10 Å². The van der Waals surface area contributed by atoms with Gasteiger partial charge in [0.25, 0.3) is 0 Å². The summed E-state index contributed by atoms with van der Waals surface area (Å²) >= 11 is 0. The van der Waals surface area contributed by atoms with E-state index < -0.39 is 0 Å². The van der Waals surface area contributed by atoms with E-state index in [1.165, 1.54) is 25.7 Å². The summed E-state index contributed by atoms with van der Waals surface area (Å²) in [5, 5.41) is 13.2. The van der Waals surface area contributed by atoms with Crippen LogP contribution in [-0.4, -0.2) is 23.8 Å². The van der Waals surface area contributed by atoms with Crippen molar-refractivity contribution in [2.45, 2.75) is 51.6 Å². The van der Waals surface area contributed by atoms with Crippen LogP contribution in [0.25, 0.3) is 0 Å². The Morgan fingerprint density at radius 1 is 0.871 bits per heavy atom. The lowest BCUT2D eigenvalue weighted by atomic mass is 10.1. The second-order valence-corrected chi connectivity index (χ2v) is 7.62. The number of amides is 2. The zero-order chi connectivity index (χ0) is 22.1. The van der Waals surface area contributed by atoms with Gasteiger partial charge in [-0.1, -0.05) is 25.0 Å². The molecule has 0 bridgehead atoms. The number of anilines is 2. The van der Waals surface area contributed by atoms with Gasteiger partial charge in [0.1, 0.15) is 5.75 Å². The first-order valence-corrected chi connectivity index (χ1v) is 10.6. The molecule has 1 fully saturated rings. The molecule has 3 rings (SSSR count). The highest BCUT2D eigenvalue weighted by Gasteiger charge is 2.13. The number of ether oxygens (including phenoxy) is 1. The summed E-state index contributed by atoms with van der Waals surface area (Å²) in [6.45, 7) is 1.80. The zero-order valence-corrected chi connectivity index (χ0v) is 17.8. The fourth-order valence-corrected chi connectivity index (χ4v) is 3.45. The third-order valence-corrected chi connectivity index (χ3v) is 5.09. The van der Waals surface area contributed by atoms with Gasteiger partial charge < -0.3 is 26.8 Å². The summed E-state index contributed by atoms with van der Waals surface area (Å²) in [5.41, 5.74) is 13.4. The van der Waals surface area contributed by atoms with Crippen LogP contribution in [-0.2, 0) is 0 Å². The molecule has 164 valence electrons. The minimum Gasteiger partial charge on any atom is -0.490 e. The van der Waals surface area contributed by atoms with E-state index in [0.29, 0.717) is 23.2 Å². The second-order valence-electron chi connectivity index (χ2n) is 7.62. The van der Waals surface area contributed by atoms with Crippen molar-refractivity contribution in [2.75, 3.05) is 10.6 Å². The Hall–Kier alpha value is -3.55. The number of nitrogens with one attached hydrogen (secondary N) is 2. The highest BCUT2D eigenvalue weighted by atomic mass is 16.5. The molecule has 31 heavy (non-hydrogen) atoms. The Balaban J connectivity index is 1.51. The summed E-state index contributed by atoms with van der Waals surface area (Å²) in [4.78, 5) is 12.3. The van der Waals surface area contributed by atoms with Crippen molar-refractivity contribution >= 4 is 29.1 Å². The molecule has 0 heterocycles. The maximum Gasteiger partial charge on any atom is 0.323 e. The second kappa shape index (κ2) is 11.0. The molecule has 0 aliphatic heterocycles. The van der Waals surface area contributed by atoms with Gasteiger partial charge in [-0.25, -0.2) is 4.79 Å². The summed E-state index contributed by atoms with van der Waals surface area (Å²) in [6, 6.07) is 14.4. The number of benzene rings is 2. The summed E-state index contributed by atoms with van der Waals surface area (Å²) < 4.78 is 6.09. The van der Waals surface area contributed by atoms with Crippen molar-refractivity contribution in [2.24, 2.45) is 21.7 Å². The van der Waals surface area contributed by atoms with Crippen LogP contribution in [0.5, 0.6) is 5.75 Å². The average Bonchev–Trinajstić information content (AvgIpc) is 3.02. The average molecular weight is 423 g/mol. The molecule has 2 aromatic carbocycles. The lowest BCUT2D eigenvalue weighted by Crippen LogP contribution is -2.22. The fourth-order valence-electron chi connectivity index (χ4n) is 3.45. The van der Waals surface area contributed by atoms with E-state index >= 15 is 0 Å². The number of nitrogens with two attached hydrogens (primary N) is 2. The van der Waals surface area contributed by atoms with Gasteiger partial charge in [0, 0.05) is 11.4 Å². The molecular formula is C23H30N6O2. The topological polar surface area (TPSA) is 127 Å². The van der Waals surface area contributed by atoms with Crippen LogP contribution in [0.4, 0.5) is 16.2 Å². The van der Waals surface area contributed by atoms with Crippen LogP contribution < -0.4 is 26.8 Å². The summed E-state index contributed by atoms with van der Waals surface area (Å²) in [5.74, 6) is 0.740. The van der Waals surface area contributed by atoms with Crippen LogP contribution in [0.2, 0.25) is 0 Å². The number of hydrogen-bond donors (Lipinski definition) is 4. The first-order valence-electron chi connectivity index (χ1n) is 10.6. The molecular weight excluding hydrogens is 392 g/mol. The van der Waals surface area contributed by atoms with Crippen molar-refractivity contribution in [3.8, 4) is 5.75 Å². The van der Waals surface area contributed by atoms with Crippen molar-refractivity contribution < 1.29 is 9.53 Å². The highest BCUT2D eigenvalue weighted by molar-refractivity contribution is 6.01. The molecule has 0 radical (unpaired) electrons. The van der Waals surface area contributed by atoms with Crippen LogP contribution in [0.1, 0.15) is 51.0 Å². The SMILES string of the molecule is C/C(=N\N=C(N)N)c1ccc(NC(=O)Nc2ccc(OC3CCCCCC3)cc2)cc1. The molecule has 0 atom stereocenters. The van der Waals surface area contributed by atoms with Gasteiger partial charge in [0.2, 0.25) is 5.96 Å². The number of carbonyl (C=O) groups excluding carboxylic acids is 1. The number of nitrogens with zero attached hydrogens (tertiary/aromatic N) is 2. The molecule has 8 nitrogen and oxygen atoms in total. The van der Waals surface area contributed by atoms with Crippen molar-refractivity contribution in [3.05, 3.63) is 54.1 Å². The highest BCUT2D eigenvalue weighted by Crippen LogP contribution is 2.24. The van der Waals surface area contributed by atoms with Gasteiger partial charge >= 0.3 is 6.03 Å². The molecule has 0 unspecified atom stereocenters. The van der Waals surface area contributed by atoms with Crippen LogP contribution in [0.15, 0.2) is 58.7 Å². The van der Waals surface area contributed by atoms with E-state index in [4.69, 9.17) is 16.2 Å². The largest absolute Gasteiger partial charge is 0.490 e. The predicted molar refractivity (Wildman–Crippen MR) is 126 cm³/mol. The molecule has 1 aliphatic rings. The lowest BCUT2D eigenvalue weighted by molar-refractivity contribution is 0.184. The Bertz CT molecular complexity index is 910. The van der Waals surface area contributed by atoms with E-state index in [1.54, 1.807) is 19.1 Å². The van der Waals surface area contributed by atoms with Crippen LogP contribution in [0.3, 0.4) is 0 Å². The quantitative estimate of drug-likeness (QED) is 0.238. The molecule has 8 heteroatoms. The van der Waals surface area contributed by atoms with Gasteiger partial charge in [0.15, 0.2) is 0 Å². The number of carbonyl (C=O) groups is 1. The molecule has 6 N–H and O–H groups in total. The summed E-state index contributed by atoms with van der Waals surface area (Å²) in [6.07, 6.45) is 7.57. The van der Waals surface area contributed by atoms with E-state index in [1.807, 2.05) is 36.4 Å². The lowest BCUT2D eigenvalue weighted by Gasteiger charge is -2.17. The zero-order valence-electron chi connectivity index (χ0n) is 17.8. The Labute approximate surface area is 182 Å². The standard InChI is InChI=1S/C23H30N6O2/c1-16(28-29-22(24)25)17-8-10-18(11-9-17)26-23(30)27-19-12-14-21(15-13-19)31-20-6-4-2-3-5-7-20/h8-15,20H,2-7H2,1H3,(H4,24,25,29)(H2,26,27,30)/b28-16+. The fraction of sp³-hybridized carbons (Fsp3) is 0.348. The smallest absolute Gasteiger partial charge is 0.323 e. The van der Waals surface area contributed by atoms with Crippen molar-refractivity contribution in [1.29, 1.82) is 0 Å². The Kier molecular flexibility index (Phi) is 7.86. The molecule has 1 aliphatic carbocycles. The minimum atomic E-state index is -0.323. The third-order valence-electron chi connectivity index (χ3n) is 5.09. The van der Waals surface area contributed by atoms with E-state index in [0.717, 1.165) is 24.2 Å². The maximum atomic E-state index is 12.3. The molecule has 0 aromatic heterocycles. The first kappa shape index (κ1) is 22.1. The van der Waals surface area contributed by atoms with Gasteiger partial charge in [-0.15, -0.1) is 5.10 Å². The maximum absolute atomic E-state index is 12.3. The monoisotopic (exact) mass is 422 g/mol. The van der Waals surface area contributed by atoms with E-state index in [-0.39, 0.29) is 12.0 Å². The normalized spacial score (nSPS) is 14.9. The Morgan fingerprint density at radius 3 is 1.97 bits per heavy atom. The molecule has 1 saturated carbocycles. The van der Waals surface area contributed by atoms with Gasteiger partial charge in [-0.05, 0) is 74.6 Å². The predicted octanol–water partition coefficient (Wildman–Crippen LogP) is 4.43. The van der Waals surface area contributed by atoms with Crippen molar-refractivity contribution in [1.82, 2.24) is 0 Å². The third kappa shape index (κ3) is 7.33. The van der Waals surface area contributed by atoms with Crippen LogP contribution in [0, 0.1) is 0 Å². The minimum absolute atomic E-state index is 0.0988.